The quantitative estimate of drug-likeness (QED) is 0.790. The highest BCUT2D eigenvalue weighted by atomic mass is 16.2. The third kappa shape index (κ3) is 3.58. The van der Waals surface area contributed by atoms with Crippen LogP contribution in [0.25, 0.3) is 0 Å². The molecule has 0 aromatic heterocycles. The first-order valence-corrected chi connectivity index (χ1v) is 8.17. The zero-order valence-corrected chi connectivity index (χ0v) is 13.5. The Kier molecular flexibility index (Phi) is 4.92. The van der Waals surface area contributed by atoms with Crippen LogP contribution < -0.4 is 11.1 Å². The Balaban J connectivity index is 2.13. The second-order valence-corrected chi connectivity index (χ2v) is 6.81. The van der Waals surface area contributed by atoms with E-state index in [0.29, 0.717) is 5.92 Å². The molecular formula is C18H28N2O. The first-order valence-electron chi connectivity index (χ1n) is 8.17. The van der Waals surface area contributed by atoms with Gasteiger partial charge in [0.1, 0.15) is 0 Å². The van der Waals surface area contributed by atoms with Crippen LogP contribution in [0.4, 0.5) is 11.4 Å². The average Bonchev–Trinajstić information content (AvgIpc) is 2.88. The Morgan fingerprint density at radius 3 is 2.52 bits per heavy atom. The summed E-state index contributed by atoms with van der Waals surface area (Å²) in [7, 11) is 0. The molecule has 0 bridgehead atoms. The number of nitrogens with one attached hydrogen (secondary N) is 1. The monoisotopic (exact) mass is 288 g/mol. The molecular weight excluding hydrogens is 260 g/mol. The van der Waals surface area contributed by atoms with E-state index in [2.05, 4.69) is 26.1 Å². The van der Waals surface area contributed by atoms with Crippen molar-refractivity contribution in [1.82, 2.24) is 0 Å². The van der Waals surface area contributed by atoms with Gasteiger partial charge < -0.3 is 11.1 Å². The van der Waals surface area contributed by atoms with Crippen LogP contribution in [0.5, 0.6) is 0 Å². The van der Waals surface area contributed by atoms with Crippen LogP contribution in [0.3, 0.4) is 0 Å². The standard InChI is InChI=1S/C18H28N2O/c1-4-14-7-8-15(11-16(14)19)20-17(21)18(12-13(2)3)9-5-6-10-18/h7-8,11,13H,4-6,9-10,12,19H2,1-3H3,(H,20,21). The summed E-state index contributed by atoms with van der Waals surface area (Å²) < 4.78 is 0. The van der Waals surface area contributed by atoms with Crippen LogP contribution in [0, 0.1) is 11.3 Å². The van der Waals surface area contributed by atoms with Crippen LogP contribution in [0.1, 0.15) is 58.4 Å². The normalized spacial score (nSPS) is 17.1. The molecule has 116 valence electrons. The summed E-state index contributed by atoms with van der Waals surface area (Å²) in [5.74, 6) is 0.721. The van der Waals surface area contributed by atoms with Gasteiger partial charge >= 0.3 is 0 Å². The Labute approximate surface area is 128 Å². The Hall–Kier alpha value is -1.51. The van der Waals surface area contributed by atoms with Gasteiger partial charge in [0.25, 0.3) is 0 Å². The number of anilines is 2. The molecule has 0 heterocycles. The van der Waals surface area contributed by atoms with Crippen molar-refractivity contribution in [3.05, 3.63) is 23.8 Å². The molecule has 1 aromatic rings. The lowest BCUT2D eigenvalue weighted by molar-refractivity contribution is -0.126. The minimum Gasteiger partial charge on any atom is -0.398 e. The lowest BCUT2D eigenvalue weighted by atomic mass is 9.77. The molecule has 1 fully saturated rings. The summed E-state index contributed by atoms with van der Waals surface area (Å²) in [6.07, 6.45) is 6.24. The largest absolute Gasteiger partial charge is 0.398 e. The van der Waals surface area contributed by atoms with E-state index in [1.165, 1.54) is 0 Å². The summed E-state index contributed by atoms with van der Waals surface area (Å²) in [6, 6.07) is 5.86. The molecule has 2 rings (SSSR count). The maximum absolute atomic E-state index is 12.8. The van der Waals surface area contributed by atoms with Gasteiger partial charge in [-0.05, 0) is 49.3 Å². The van der Waals surface area contributed by atoms with Crippen LogP contribution in [-0.2, 0) is 11.2 Å². The maximum atomic E-state index is 12.8. The molecule has 1 aliphatic carbocycles. The van der Waals surface area contributed by atoms with Gasteiger partial charge in [-0.1, -0.05) is 39.7 Å². The molecule has 3 N–H and O–H groups in total. The fourth-order valence-corrected chi connectivity index (χ4v) is 3.62. The molecule has 1 aromatic carbocycles. The number of benzene rings is 1. The first-order chi connectivity index (χ1) is 9.97. The van der Waals surface area contributed by atoms with E-state index in [-0.39, 0.29) is 11.3 Å². The second-order valence-electron chi connectivity index (χ2n) is 6.81. The predicted octanol–water partition coefficient (Wildman–Crippen LogP) is 4.38. The molecule has 0 aliphatic heterocycles. The number of nitrogens with two attached hydrogens (primary N) is 1. The third-order valence-electron chi connectivity index (χ3n) is 4.63. The highest BCUT2D eigenvalue weighted by Crippen LogP contribution is 2.44. The zero-order valence-electron chi connectivity index (χ0n) is 13.5. The lowest BCUT2D eigenvalue weighted by Gasteiger charge is -2.29. The van der Waals surface area contributed by atoms with Crippen molar-refractivity contribution in [2.45, 2.75) is 59.3 Å². The Morgan fingerprint density at radius 1 is 1.33 bits per heavy atom. The van der Waals surface area contributed by atoms with Crippen LogP contribution in [0.2, 0.25) is 0 Å². The van der Waals surface area contributed by atoms with Gasteiger partial charge in [0, 0.05) is 16.8 Å². The zero-order chi connectivity index (χ0) is 15.5. The number of carbonyl (C=O) groups excluding carboxylic acids is 1. The molecule has 0 atom stereocenters. The predicted molar refractivity (Wildman–Crippen MR) is 89.2 cm³/mol. The number of nitrogen functional groups attached to an aromatic ring is 1. The van der Waals surface area contributed by atoms with Crippen molar-refractivity contribution < 1.29 is 4.79 Å². The summed E-state index contributed by atoms with van der Waals surface area (Å²) in [5, 5.41) is 3.10. The number of aryl methyl sites for hydroxylation is 1. The molecule has 0 radical (unpaired) electrons. The Morgan fingerprint density at radius 2 is 2.00 bits per heavy atom. The van der Waals surface area contributed by atoms with Gasteiger partial charge in [0.05, 0.1) is 0 Å². The van der Waals surface area contributed by atoms with E-state index >= 15 is 0 Å². The average molecular weight is 288 g/mol. The molecule has 0 spiro atoms. The first kappa shape index (κ1) is 15.9. The van der Waals surface area contributed by atoms with Gasteiger partial charge in [0.2, 0.25) is 5.91 Å². The summed E-state index contributed by atoms with van der Waals surface area (Å²) in [6.45, 7) is 6.48. The van der Waals surface area contributed by atoms with Gasteiger partial charge in [-0.25, -0.2) is 0 Å². The van der Waals surface area contributed by atoms with E-state index in [1.807, 2.05) is 18.2 Å². The molecule has 0 unspecified atom stereocenters. The summed E-state index contributed by atoms with van der Waals surface area (Å²) in [5.41, 5.74) is 8.57. The van der Waals surface area contributed by atoms with Gasteiger partial charge in [-0.15, -0.1) is 0 Å². The van der Waals surface area contributed by atoms with Gasteiger partial charge in [-0.2, -0.15) is 0 Å². The van der Waals surface area contributed by atoms with Gasteiger partial charge in [0.15, 0.2) is 0 Å². The van der Waals surface area contributed by atoms with Crippen LogP contribution >= 0.6 is 0 Å². The van der Waals surface area contributed by atoms with E-state index < -0.39 is 0 Å². The SMILES string of the molecule is CCc1ccc(NC(=O)C2(CC(C)C)CCCC2)cc1N. The Bertz CT molecular complexity index is 502. The number of rotatable bonds is 5. The van der Waals surface area contributed by atoms with E-state index in [9.17, 15) is 4.79 Å². The molecule has 21 heavy (non-hydrogen) atoms. The summed E-state index contributed by atoms with van der Waals surface area (Å²) in [4.78, 5) is 12.8. The topological polar surface area (TPSA) is 55.1 Å². The molecule has 3 nitrogen and oxygen atoms in total. The smallest absolute Gasteiger partial charge is 0.230 e. The second kappa shape index (κ2) is 6.50. The molecule has 1 saturated carbocycles. The van der Waals surface area contributed by atoms with Crippen molar-refractivity contribution >= 4 is 17.3 Å². The van der Waals surface area contributed by atoms with E-state index in [4.69, 9.17) is 5.73 Å². The van der Waals surface area contributed by atoms with Crippen molar-refractivity contribution in [3.63, 3.8) is 0 Å². The van der Waals surface area contributed by atoms with E-state index in [1.54, 1.807) is 0 Å². The van der Waals surface area contributed by atoms with Gasteiger partial charge in [-0.3, -0.25) is 4.79 Å². The van der Waals surface area contributed by atoms with Crippen molar-refractivity contribution in [3.8, 4) is 0 Å². The fraction of sp³-hybridized carbons (Fsp3) is 0.611. The highest BCUT2D eigenvalue weighted by Gasteiger charge is 2.41. The number of hydrogen-bond donors (Lipinski definition) is 2. The maximum Gasteiger partial charge on any atom is 0.230 e. The third-order valence-corrected chi connectivity index (χ3v) is 4.63. The lowest BCUT2D eigenvalue weighted by Crippen LogP contribution is -2.35. The molecule has 3 heteroatoms. The molecule has 1 aliphatic rings. The number of hydrogen-bond acceptors (Lipinski definition) is 2. The van der Waals surface area contributed by atoms with Crippen molar-refractivity contribution in [2.24, 2.45) is 11.3 Å². The fourth-order valence-electron chi connectivity index (χ4n) is 3.62. The number of amides is 1. The minimum absolute atomic E-state index is 0.174. The van der Waals surface area contributed by atoms with Crippen molar-refractivity contribution in [1.29, 1.82) is 0 Å². The number of carbonyl (C=O) groups is 1. The van der Waals surface area contributed by atoms with Crippen molar-refractivity contribution in [2.75, 3.05) is 11.1 Å². The molecule has 0 saturated heterocycles. The van der Waals surface area contributed by atoms with Crippen LogP contribution in [-0.4, -0.2) is 5.91 Å². The van der Waals surface area contributed by atoms with E-state index in [0.717, 1.165) is 55.5 Å². The van der Waals surface area contributed by atoms with Crippen LogP contribution in [0.15, 0.2) is 18.2 Å². The summed E-state index contributed by atoms with van der Waals surface area (Å²) >= 11 is 0. The highest BCUT2D eigenvalue weighted by molar-refractivity contribution is 5.96. The minimum atomic E-state index is -0.174. The molecule has 1 amide bonds.